The standard InChI is InChI=1S/C17H21FN2O4.ClH/c1-23-16(21)5-7-20-6-4-13-8-14(2-3-15(13)17(20)22)24-11-12(9-18)10-19;/h2-3,8-9H,4-7,10-11,19H2,1H3;1H/b12-9+;. The average Bonchev–Trinajstić information content (AvgIpc) is 2.61. The second-order valence-electron chi connectivity index (χ2n) is 5.45. The van der Waals surface area contributed by atoms with E-state index in [4.69, 9.17) is 10.5 Å². The molecule has 0 aliphatic carbocycles. The van der Waals surface area contributed by atoms with Gasteiger partial charge in [0.25, 0.3) is 5.91 Å². The van der Waals surface area contributed by atoms with E-state index in [-0.39, 0.29) is 43.9 Å². The van der Waals surface area contributed by atoms with Crippen LogP contribution in [0.25, 0.3) is 0 Å². The second kappa shape index (κ2) is 10.0. The van der Waals surface area contributed by atoms with Gasteiger partial charge in [-0.05, 0) is 30.2 Å². The number of hydrogen-bond acceptors (Lipinski definition) is 5. The first-order valence-corrected chi connectivity index (χ1v) is 7.69. The molecule has 1 amide bonds. The smallest absolute Gasteiger partial charge is 0.307 e. The highest BCUT2D eigenvalue weighted by molar-refractivity contribution is 5.97. The van der Waals surface area contributed by atoms with Crippen LogP contribution in [0.15, 0.2) is 30.1 Å². The van der Waals surface area contributed by atoms with Crippen molar-refractivity contribution in [3.8, 4) is 5.75 Å². The topological polar surface area (TPSA) is 81.9 Å². The number of nitrogens with zero attached hydrogens (tertiary/aromatic N) is 1. The number of carbonyl (C=O) groups excluding carboxylic acids is 2. The molecule has 0 spiro atoms. The van der Waals surface area contributed by atoms with Crippen molar-refractivity contribution >= 4 is 24.3 Å². The maximum Gasteiger partial charge on any atom is 0.307 e. The molecule has 0 saturated carbocycles. The minimum Gasteiger partial charge on any atom is -0.489 e. The van der Waals surface area contributed by atoms with Crippen molar-refractivity contribution in [2.24, 2.45) is 5.73 Å². The van der Waals surface area contributed by atoms with Crippen LogP contribution in [0.2, 0.25) is 0 Å². The van der Waals surface area contributed by atoms with E-state index in [9.17, 15) is 14.0 Å². The van der Waals surface area contributed by atoms with Gasteiger partial charge in [-0.3, -0.25) is 9.59 Å². The van der Waals surface area contributed by atoms with Crippen LogP contribution >= 0.6 is 12.4 Å². The van der Waals surface area contributed by atoms with E-state index in [1.165, 1.54) is 7.11 Å². The summed E-state index contributed by atoms with van der Waals surface area (Å²) in [5.41, 5.74) is 7.22. The second-order valence-corrected chi connectivity index (χ2v) is 5.45. The van der Waals surface area contributed by atoms with Crippen LogP contribution in [0, 0.1) is 0 Å². The maximum atomic E-state index is 12.5. The first-order chi connectivity index (χ1) is 11.6. The molecule has 1 heterocycles. The van der Waals surface area contributed by atoms with Gasteiger partial charge in [0.05, 0.1) is 19.9 Å². The van der Waals surface area contributed by atoms with E-state index in [1.54, 1.807) is 23.1 Å². The summed E-state index contributed by atoms with van der Waals surface area (Å²) in [7, 11) is 1.32. The zero-order valence-electron chi connectivity index (χ0n) is 14.0. The quantitative estimate of drug-likeness (QED) is 0.739. The third-order valence-corrected chi connectivity index (χ3v) is 3.90. The molecule has 0 atom stereocenters. The van der Waals surface area contributed by atoms with E-state index in [0.29, 0.717) is 42.7 Å². The molecule has 0 aromatic heterocycles. The molecule has 1 aromatic carbocycles. The number of fused-ring (bicyclic) bond motifs is 1. The van der Waals surface area contributed by atoms with Gasteiger partial charge in [-0.1, -0.05) is 0 Å². The molecule has 0 unspecified atom stereocenters. The highest BCUT2D eigenvalue weighted by Crippen LogP contribution is 2.24. The van der Waals surface area contributed by atoms with Gasteiger partial charge in [-0.2, -0.15) is 0 Å². The fourth-order valence-electron chi connectivity index (χ4n) is 2.46. The molecule has 0 radical (unpaired) electrons. The summed E-state index contributed by atoms with van der Waals surface area (Å²) in [5, 5.41) is 0. The molecule has 1 aromatic rings. The Morgan fingerprint density at radius 1 is 1.44 bits per heavy atom. The third-order valence-electron chi connectivity index (χ3n) is 3.90. The van der Waals surface area contributed by atoms with Gasteiger partial charge in [-0.25, -0.2) is 4.39 Å². The molecule has 2 rings (SSSR count). The summed E-state index contributed by atoms with van der Waals surface area (Å²) in [6.45, 7) is 1.04. The van der Waals surface area contributed by atoms with E-state index in [0.717, 1.165) is 5.56 Å². The van der Waals surface area contributed by atoms with Crippen molar-refractivity contribution in [1.82, 2.24) is 4.90 Å². The largest absolute Gasteiger partial charge is 0.489 e. The SMILES string of the molecule is COC(=O)CCN1CCc2cc(OC/C(=C/F)CN)ccc2C1=O.Cl. The van der Waals surface area contributed by atoms with Crippen molar-refractivity contribution in [2.45, 2.75) is 12.8 Å². The summed E-state index contributed by atoms with van der Waals surface area (Å²) in [6, 6.07) is 5.16. The molecule has 0 fully saturated rings. The monoisotopic (exact) mass is 372 g/mol. The van der Waals surface area contributed by atoms with Crippen LogP contribution < -0.4 is 10.5 Å². The minimum absolute atomic E-state index is 0. The Kier molecular flexibility index (Phi) is 8.37. The highest BCUT2D eigenvalue weighted by atomic mass is 35.5. The highest BCUT2D eigenvalue weighted by Gasteiger charge is 2.25. The Bertz CT molecular complexity index is 652. The number of ether oxygens (including phenoxy) is 2. The first kappa shape index (κ1) is 20.9. The zero-order valence-corrected chi connectivity index (χ0v) is 14.8. The van der Waals surface area contributed by atoms with Crippen LogP contribution in [0.1, 0.15) is 22.3 Å². The number of halogens is 2. The van der Waals surface area contributed by atoms with Gasteiger partial charge in [0.15, 0.2) is 0 Å². The van der Waals surface area contributed by atoms with E-state index in [1.807, 2.05) is 0 Å². The number of nitrogens with two attached hydrogens (primary N) is 1. The van der Waals surface area contributed by atoms with E-state index >= 15 is 0 Å². The van der Waals surface area contributed by atoms with Gasteiger partial charge < -0.3 is 20.1 Å². The van der Waals surface area contributed by atoms with Crippen molar-refractivity contribution in [3.63, 3.8) is 0 Å². The third kappa shape index (κ3) is 5.44. The lowest BCUT2D eigenvalue weighted by Gasteiger charge is -2.28. The summed E-state index contributed by atoms with van der Waals surface area (Å²) in [6.07, 6.45) is 1.29. The molecule has 2 N–H and O–H groups in total. The van der Waals surface area contributed by atoms with Gasteiger partial charge in [0, 0.05) is 30.8 Å². The van der Waals surface area contributed by atoms with E-state index < -0.39 is 0 Å². The maximum absolute atomic E-state index is 12.5. The summed E-state index contributed by atoms with van der Waals surface area (Å²) in [4.78, 5) is 25.3. The molecule has 8 heteroatoms. The summed E-state index contributed by atoms with van der Waals surface area (Å²) < 4.78 is 22.6. The van der Waals surface area contributed by atoms with Gasteiger partial charge in [0.1, 0.15) is 12.4 Å². The normalized spacial score (nSPS) is 13.8. The number of methoxy groups -OCH3 is 1. The molecular formula is C17H22ClFN2O4. The summed E-state index contributed by atoms with van der Waals surface area (Å²) >= 11 is 0. The number of benzene rings is 1. The van der Waals surface area contributed by atoms with Crippen molar-refractivity contribution in [2.75, 3.05) is 33.4 Å². The molecule has 1 aliphatic rings. The van der Waals surface area contributed by atoms with Crippen molar-refractivity contribution in [1.29, 1.82) is 0 Å². The zero-order chi connectivity index (χ0) is 17.5. The van der Waals surface area contributed by atoms with Crippen LogP contribution in [-0.4, -0.2) is 50.1 Å². The number of rotatable bonds is 7. The first-order valence-electron chi connectivity index (χ1n) is 7.69. The van der Waals surface area contributed by atoms with Crippen LogP contribution in [0.5, 0.6) is 5.75 Å². The Balaban J connectivity index is 0.00000312. The Labute approximate surface area is 152 Å². The van der Waals surface area contributed by atoms with Crippen molar-refractivity contribution < 1.29 is 23.5 Å². The van der Waals surface area contributed by atoms with Crippen LogP contribution in [-0.2, 0) is 16.0 Å². The lowest BCUT2D eigenvalue weighted by atomic mass is 9.98. The van der Waals surface area contributed by atoms with Gasteiger partial charge in [0.2, 0.25) is 0 Å². The van der Waals surface area contributed by atoms with Crippen molar-refractivity contribution in [3.05, 3.63) is 41.2 Å². The molecule has 0 bridgehead atoms. The van der Waals surface area contributed by atoms with E-state index in [2.05, 4.69) is 4.74 Å². The predicted molar refractivity (Wildman–Crippen MR) is 93.7 cm³/mol. The van der Waals surface area contributed by atoms with Crippen LogP contribution in [0.3, 0.4) is 0 Å². The molecule has 25 heavy (non-hydrogen) atoms. The molecule has 0 saturated heterocycles. The molecule has 138 valence electrons. The summed E-state index contributed by atoms with van der Waals surface area (Å²) in [5.74, 6) is 0.115. The lowest BCUT2D eigenvalue weighted by molar-refractivity contribution is -0.140. The number of amides is 1. The molecular weight excluding hydrogens is 351 g/mol. The van der Waals surface area contributed by atoms with Crippen LogP contribution in [0.4, 0.5) is 4.39 Å². The van der Waals surface area contributed by atoms with Gasteiger partial charge in [-0.15, -0.1) is 12.4 Å². The average molecular weight is 373 g/mol. The Morgan fingerprint density at radius 2 is 2.20 bits per heavy atom. The number of carbonyl (C=O) groups is 2. The fraction of sp³-hybridized carbons (Fsp3) is 0.412. The predicted octanol–water partition coefficient (Wildman–Crippen LogP) is 1.86. The Hall–Kier alpha value is -2.12. The number of hydrogen-bond donors (Lipinski definition) is 1. The minimum atomic E-state index is -0.339. The number of esters is 1. The lowest BCUT2D eigenvalue weighted by Crippen LogP contribution is -2.38. The fourth-order valence-corrected chi connectivity index (χ4v) is 2.46. The Morgan fingerprint density at radius 3 is 2.84 bits per heavy atom. The molecule has 6 nitrogen and oxygen atoms in total. The van der Waals surface area contributed by atoms with Gasteiger partial charge >= 0.3 is 5.97 Å². The molecule has 1 aliphatic heterocycles.